The van der Waals surface area contributed by atoms with Crippen molar-refractivity contribution in [1.82, 2.24) is 10.2 Å². The van der Waals surface area contributed by atoms with Crippen LogP contribution in [0.1, 0.15) is 5.56 Å². The lowest BCUT2D eigenvalue weighted by Crippen LogP contribution is -2.36. The lowest BCUT2D eigenvalue weighted by molar-refractivity contribution is -0.111. The van der Waals surface area contributed by atoms with E-state index in [1.807, 2.05) is 54.6 Å². The molecule has 2 heterocycles. The molecule has 0 unspecified atom stereocenters. The van der Waals surface area contributed by atoms with Gasteiger partial charge >= 0.3 is 0 Å². The van der Waals surface area contributed by atoms with E-state index < -0.39 is 0 Å². The summed E-state index contributed by atoms with van der Waals surface area (Å²) >= 11 is 0. The van der Waals surface area contributed by atoms with E-state index in [1.54, 1.807) is 19.4 Å². The molecular weight excluding hydrogens is 406 g/mol. The molecule has 4 rings (SSSR count). The Hall–Kier alpha value is -3.91. The largest absolute Gasteiger partial charge is 0.497 e. The van der Waals surface area contributed by atoms with Crippen LogP contribution in [-0.4, -0.2) is 49.5 Å². The van der Waals surface area contributed by atoms with Gasteiger partial charge in [-0.15, -0.1) is 5.10 Å². The minimum absolute atomic E-state index is 0.203. The lowest BCUT2D eigenvalue weighted by atomic mass is 10.2. The molecule has 8 nitrogen and oxygen atoms in total. The van der Waals surface area contributed by atoms with Crippen LogP contribution in [0, 0.1) is 0 Å². The molecular formula is C24H25N5O3. The number of methoxy groups -OCH3 is 1. The van der Waals surface area contributed by atoms with E-state index in [9.17, 15) is 4.79 Å². The fraction of sp³-hybridized carbons (Fsp3) is 0.208. The van der Waals surface area contributed by atoms with Crippen LogP contribution in [0.3, 0.4) is 0 Å². The van der Waals surface area contributed by atoms with Gasteiger partial charge in [0.2, 0.25) is 5.91 Å². The zero-order valence-electron chi connectivity index (χ0n) is 17.8. The Morgan fingerprint density at radius 1 is 1.06 bits per heavy atom. The van der Waals surface area contributed by atoms with E-state index >= 15 is 0 Å². The van der Waals surface area contributed by atoms with Crippen LogP contribution < -0.4 is 20.3 Å². The summed E-state index contributed by atoms with van der Waals surface area (Å²) in [5.41, 5.74) is 3.48. The first-order valence-corrected chi connectivity index (χ1v) is 10.4. The van der Waals surface area contributed by atoms with Crippen molar-refractivity contribution in [1.29, 1.82) is 0 Å². The number of hydrogen-bond acceptors (Lipinski definition) is 7. The SMILES string of the molecule is COc1ccc(/C=C/C(=O)Nc2ccc(Nc3cc(N4CCOCC4)cnn3)cc2)cc1. The van der Waals surface area contributed by atoms with Gasteiger partial charge in [0.15, 0.2) is 5.82 Å². The van der Waals surface area contributed by atoms with E-state index in [2.05, 4.69) is 25.7 Å². The van der Waals surface area contributed by atoms with E-state index in [0.29, 0.717) is 24.7 Å². The molecule has 1 aliphatic heterocycles. The summed E-state index contributed by atoms with van der Waals surface area (Å²) in [7, 11) is 1.62. The van der Waals surface area contributed by atoms with Crippen molar-refractivity contribution in [2.75, 3.05) is 48.9 Å². The normalized spacial score (nSPS) is 13.7. The average Bonchev–Trinajstić information content (AvgIpc) is 2.85. The van der Waals surface area contributed by atoms with Crippen LogP contribution in [0.15, 0.2) is 66.9 Å². The highest BCUT2D eigenvalue weighted by molar-refractivity contribution is 6.02. The van der Waals surface area contributed by atoms with Crippen molar-refractivity contribution in [2.24, 2.45) is 0 Å². The molecule has 0 aliphatic carbocycles. The van der Waals surface area contributed by atoms with Gasteiger partial charge in [-0.3, -0.25) is 4.79 Å². The fourth-order valence-electron chi connectivity index (χ4n) is 3.27. The number of carbonyl (C=O) groups is 1. The van der Waals surface area contributed by atoms with Gasteiger partial charge < -0.3 is 25.0 Å². The van der Waals surface area contributed by atoms with Gasteiger partial charge in [0.25, 0.3) is 0 Å². The Labute approximate surface area is 186 Å². The summed E-state index contributed by atoms with van der Waals surface area (Å²) in [5.74, 6) is 1.23. The highest BCUT2D eigenvalue weighted by Gasteiger charge is 2.12. The molecule has 1 fully saturated rings. The van der Waals surface area contributed by atoms with Gasteiger partial charge in [-0.1, -0.05) is 12.1 Å². The number of hydrogen-bond donors (Lipinski definition) is 2. The molecule has 1 saturated heterocycles. The minimum Gasteiger partial charge on any atom is -0.497 e. The zero-order chi connectivity index (χ0) is 22.2. The first-order valence-electron chi connectivity index (χ1n) is 10.4. The minimum atomic E-state index is -0.203. The third-order valence-corrected chi connectivity index (χ3v) is 4.98. The van der Waals surface area contributed by atoms with Gasteiger partial charge in [-0.05, 0) is 48.0 Å². The number of nitrogens with one attached hydrogen (secondary N) is 2. The van der Waals surface area contributed by atoms with Crippen molar-refractivity contribution >= 4 is 34.9 Å². The molecule has 0 spiro atoms. The van der Waals surface area contributed by atoms with Crippen LogP contribution in [0.25, 0.3) is 6.08 Å². The molecule has 1 amide bonds. The van der Waals surface area contributed by atoms with E-state index in [0.717, 1.165) is 35.8 Å². The number of aromatic nitrogens is 2. The maximum absolute atomic E-state index is 12.2. The van der Waals surface area contributed by atoms with Crippen molar-refractivity contribution in [3.05, 3.63) is 72.4 Å². The number of carbonyl (C=O) groups excluding carboxylic acids is 1. The third-order valence-electron chi connectivity index (χ3n) is 4.98. The Kier molecular flexibility index (Phi) is 6.94. The van der Waals surface area contributed by atoms with Gasteiger partial charge in [0, 0.05) is 36.6 Å². The molecule has 2 N–H and O–H groups in total. The Morgan fingerprint density at radius 2 is 1.78 bits per heavy atom. The molecule has 0 bridgehead atoms. The van der Waals surface area contributed by atoms with Gasteiger partial charge in [-0.2, -0.15) is 5.10 Å². The quantitative estimate of drug-likeness (QED) is 0.551. The molecule has 1 aliphatic rings. The smallest absolute Gasteiger partial charge is 0.248 e. The molecule has 32 heavy (non-hydrogen) atoms. The number of amides is 1. The summed E-state index contributed by atoms with van der Waals surface area (Å²) < 4.78 is 10.5. The molecule has 2 aromatic carbocycles. The summed E-state index contributed by atoms with van der Waals surface area (Å²) in [4.78, 5) is 14.4. The zero-order valence-corrected chi connectivity index (χ0v) is 17.8. The second kappa shape index (κ2) is 10.4. The van der Waals surface area contributed by atoms with Gasteiger partial charge in [0.05, 0.1) is 32.2 Å². The summed E-state index contributed by atoms with van der Waals surface area (Å²) in [6.45, 7) is 3.11. The summed E-state index contributed by atoms with van der Waals surface area (Å²) in [6.07, 6.45) is 5.01. The van der Waals surface area contributed by atoms with Crippen molar-refractivity contribution in [3.63, 3.8) is 0 Å². The molecule has 8 heteroatoms. The van der Waals surface area contributed by atoms with Gasteiger partial charge in [0.1, 0.15) is 5.75 Å². The van der Waals surface area contributed by atoms with Crippen LogP contribution in [0.5, 0.6) is 5.75 Å². The van der Waals surface area contributed by atoms with E-state index in [1.165, 1.54) is 6.08 Å². The standard InChI is InChI=1S/C24H25N5O3/c1-31-22-9-2-18(3-10-22)4-11-24(30)27-20-7-5-19(6-8-20)26-23-16-21(17-25-28-23)29-12-14-32-15-13-29/h2-11,16-17H,12-15H2,1H3,(H,26,28)(H,27,30)/b11-4+. The first-order chi connectivity index (χ1) is 15.7. The Bertz CT molecular complexity index is 1060. The predicted octanol–water partition coefficient (Wildman–Crippen LogP) is 3.72. The van der Waals surface area contributed by atoms with Crippen LogP contribution >= 0.6 is 0 Å². The van der Waals surface area contributed by atoms with Gasteiger partial charge in [-0.25, -0.2) is 0 Å². The molecule has 0 saturated carbocycles. The number of morpholine rings is 1. The fourth-order valence-corrected chi connectivity index (χ4v) is 3.27. The topological polar surface area (TPSA) is 88.6 Å². The monoisotopic (exact) mass is 431 g/mol. The summed E-state index contributed by atoms with van der Waals surface area (Å²) in [5, 5.41) is 14.4. The van der Waals surface area contributed by atoms with Crippen LogP contribution in [-0.2, 0) is 9.53 Å². The summed E-state index contributed by atoms with van der Waals surface area (Å²) in [6, 6.07) is 16.9. The average molecular weight is 431 g/mol. The predicted molar refractivity (Wildman–Crippen MR) is 125 cm³/mol. The van der Waals surface area contributed by atoms with Crippen molar-refractivity contribution in [2.45, 2.75) is 0 Å². The lowest BCUT2D eigenvalue weighted by Gasteiger charge is -2.28. The van der Waals surface area contributed by atoms with Crippen molar-refractivity contribution in [3.8, 4) is 5.75 Å². The number of anilines is 4. The number of ether oxygens (including phenoxy) is 2. The molecule has 0 radical (unpaired) electrons. The number of nitrogens with zero attached hydrogens (tertiary/aromatic N) is 3. The highest BCUT2D eigenvalue weighted by Crippen LogP contribution is 2.21. The maximum Gasteiger partial charge on any atom is 0.248 e. The second-order valence-electron chi connectivity index (χ2n) is 7.20. The Balaban J connectivity index is 1.32. The maximum atomic E-state index is 12.2. The molecule has 3 aromatic rings. The second-order valence-corrected chi connectivity index (χ2v) is 7.20. The van der Waals surface area contributed by atoms with E-state index in [-0.39, 0.29) is 5.91 Å². The third kappa shape index (κ3) is 5.83. The van der Waals surface area contributed by atoms with Crippen molar-refractivity contribution < 1.29 is 14.3 Å². The number of benzene rings is 2. The van der Waals surface area contributed by atoms with E-state index in [4.69, 9.17) is 9.47 Å². The molecule has 1 aromatic heterocycles. The highest BCUT2D eigenvalue weighted by atomic mass is 16.5. The number of rotatable bonds is 7. The van der Waals surface area contributed by atoms with Crippen LogP contribution in [0.2, 0.25) is 0 Å². The molecule has 164 valence electrons. The first kappa shape index (κ1) is 21.3. The Morgan fingerprint density at radius 3 is 2.50 bits per heavy atom. The van der Waals surface area contributed by atoms with Crippen LogP contribution in [0.4, 0.5) is 22.9 Å². The molecule has 0 atom stereocenters.